The maximum atomic E-state index is 12.4. The average Bonchev–Trinajstić information content (AvgIpc) is 2.37. The molecular formula is C13H25F3N2. The van der Waals surface area contributed by atoms with Crippen LogP contribution in [-0.4, -0.2) is 53.2 Å². The highest BCUT2D eigenvalue weighted by Crippen LogP contribution is 2.37. The molecule has 0 aromatic rings. The van der Waals surface area contributed by atoms with Gasteiger partial charge in [0.25, 0.3) is 0 Å². The maximum Gasteiger partial charge on any atom is 0.401 e. The standard InChI is InChI=1S/C13H25F3N2/c1-11(2,3)18-8-10(7-12(18,4)5)17(6)9-13(14,15)16/h10H,7-9H2,1-6H3. The molecule has 0 radical (unpaired) electrons. The van der Waals surface area contributed by atoms with Gasteiger partial charge in [0.2, 0.25) is 0 Å². The molecule has 1 aliphatic heterocycles. The van der Waals surface area contributed by atoms with Crippen LogP contribution in [0.3, 0.4) is 0 Å². The summed E-state index contributed by atoms with van der Waals surface area (Å²) in [6, 6.07) is -0.0270. The lowest BCUT2D eigenvalue weighted by Gasteiger charge is -2.42. The smallest absolute Gasteiger partial charge is 0.294 e. The molecule has 0 bridgehead atoms. The van der Waals surface area contributed by atoms with Crippen molar-refractivity contribution in [3.63, 3.8) is 0 Å². The van der Waals surface area contributed by atoms with Crippen molar-refractivity contribution in [1.82, 2.24) is 9.80 Å². The van der Waals surface area contributed by atoms with Crippen LogP contribution in [0.5, 0.6) is 0 Å². The van der Waals surface area contributed by atoms with Crippen molar-refractivity contribution < 1.29 is 13.2 Å². The first-order valence-electron chi connectivity index (χ1n) is 6.38. The number of halogens is 3. The van der Waals surface area contributed by atoms with E-state index >= 15 is 0 Å². The molecule has 0 spiro atoms. The minimum absolute atomic E-state index is 0.0165. The fraction of sp³-hybridized carbons (Fsp3) is 1.00. The SMILES string of the molecule is CN(CC(F)(F)F)C1CN(C(C)(C)C)C(C)(C)C1. The van der Waals surface area contributed by atoms with Crippen molar-refractivity contribution in [1.29, 1.82) is 0 Å². The van der Waals surface area contributed by atoms with E-state index in [0.29, 0.717) is 6.54 Å². The summed E-state index contributed by atoms with van der Waals surface area (Å²) in [4.78, 5) is 3.74. The van der Waals surface area contributed by atoms with Crippen LogP contribution >= 0.6 is 0 Å². The zero-order chi connectivity index (χ0) is 14.4. The summed E-state index contributed by atoms with van der Waals surface area (Å²) in [7, 11) is 1.57. The lowest BCUT2D eigenvalue weighted by atomic mass is 9.95. The first-order chi connectivity index (χ1) is 7.83. The molecule has 1 aliphatic rings. The van der Waals surface area contributed by atoms with E-state index in [9.17, 15) is 13.2 Å². The summed E-state index contributed by atoms with van der Waals surface area (Å²) in [5.74, 6) is 0. The summed E-state index contributed by atoms with van der Waals surface area (Å²) in [5, 5.41) is 0. The highest BCUT2D eigenvalue weighted by atomic mass is 19.4. The predicted molar refractivity (Wildman–Crippen MR) is 67.6 cm³/mol. The first-order valence-corrected chi connectivity index (χ1v) is 6.38. The van der Waals surface area contributed by atoms with Gasteiger partial charge in [-0.2, -0.15) is 13.2 Å². The van der Waals surface area contributed by atoms with Gasteiger partial charge in [-0.15, -0.1) is 0 Å². The Hall–Kier alpha value is -0.290. The van der Waals surface area contributed by atoms with E-state index in [4.69, 9.17) is 0 Å². The third-order valence-electron chi connectivity index (χ3n) is 3.72. The van der Waals surface area contributed by atoms with Gasteiger partial charge in [0, 0.05) is 23.7 Å². The van der Waals surface area contributed by atoms with Gasteiger partial charge in [0.1, 0.15) is 0 Å². The molecule has 1 fully saturated rings. The van der Waals surface area contributed by atoms with Gasteiger partial charge in [0.15, 0.2) is 0 Å². The van der Waals surface area contributed by atoms with Crippen LogP contribution in [0.15, 0.2) is 0 Å². The fourth-order valence-corrected chi connectivity index (χ4v) is 3.10. The molecule has 0 amide bonds. The second-order valence-corrected chi connectivity index (χ2v) is 6.98. The molecule has 1 heterocycles. The Kier molecular flexibility index (Phi) is 4.09. The Bertz CT molecular complexity index is 292. The van der Waals surface area contributed by atoms with Crippen LogP contribution in [0.4, 0.5) is 13.2 Å². The average molecular weight is 266 g/mol. The molecule has 0 aromatic carbocycles. The number of nitrogens with zero attached hydrogens (tertiary/aromatic N) is 2. The normalized spacial score (nSPS) is 26.0. The molecule has 1 unspecified atom stereocenters. The van der Waals surface area contributed by atoms with E-state index < -0.39 is 12.7 Å². The van der Waals surface area contributed by atoms with Gasteiger partial charge >= 0.3 is 6.18 Å². The van der Waals surface area contributed by atoms with E-state index in [2.05, 4.69) is 39.5 Å². The van der Waals surface area contributed by atoms with Gasteiger partial charge in [-0.25, -0.2) is 0 Å². The number of alkyl halides is 3. The zero-order valence-electron chi connectivity index (χ0n) is 12.2. The van der Waals surface area contributed by atoms with E-state index in [0.717, 1.165) is 6.42 Å². The predicted octanol–water partition coefficient (Wildman–Crippen LogP) is 3.13. The Morgan fingerprint density at radius 2 is 1.72 bits per heavy atom. The molecule has 0 aliphatic carbocycles. The Labute approximate surface area is 108 Å². The zero-order valence-corrected chi connectivity index (χ0v) is 12.2. The van der Waals surface area contributed by atoms with E-state index in [1.165, 1.54) is 4.90 Å². The van der Waals surface area contributed by atoms with E-state index in [-0.39, 0.29) is 17.1 Å². The van der Waals surface area contributed by atoms with Crippen LogP contribution < -0.4 is 0 Å². The topological polar surface area (TPSA) is 6.48 Å². The first kappa shape index (κ1) is 15.8. The fourth-order valence-electron chi connectivity index (χ4n) is 3.10. The number of likely N-dealkylation sites (N-methyl/N-ethyl adjacent to an activating group) is 1. The molecule has 0 N–H and O–H groups in total. The Morgan fingerprint density at radius 1 is 1.22 bits per heavy atom. The Balaban J connectivity index is 2.74. The van der Waals surface area contributed by atoms with Crippen molar-refractivity contribution >= 4 is 0 Å². The van der Waals surface area contributed by atoms with Gasteiger partial charge in [-0.05, 0) is 48.1 Å². The number of rotatable bonds is 2. The summed E-state index contributed by atoms with van der Waals surface area (Å²) < 4.78 is 37.3. The monoisotopic (exact) mass is 266 g/mol. The maximum absolute atomic E-state index is 12.4. The minimum Gasteiger partial charge on any atom is -0.294 e. The van der Waals surface area contributed by atoms with Gasteiger partial charge < -0.3 is 0 Å². The molecule has 0 saturated carbocycles. The number of hydrogen-bond donors (Lipinski definition) is 0. The summed E-state index contributed by atoms with van der Waals surface area (Å²) in [6.45, 7) is 10.4. The van der Waals surface area contributed by atoms with Crippen LogP contribution in [-0.2, 0) is 0 Å². The van der Waals surface area contributed by atoms with Gasteiger partial charge in [0.05, 0.1) is 6.54 Å². The van der Waals surface area contributed by atoms with Crippen LogP contribution in [0.1, 0.15) is 41.0 Å². The third kappa shape index (κ3) is 3.85. The van der Waals surface area contributed by atoms with Crippen LogP contribution in [0.2, 0.25) is 0 Å². The van der Waals surface area contributed by atoms with Crippen molar-refractivity contribution in [3.05, 3.63) is 0 Å². The second kappa shape index (κ2) is 4.67. The van der Waals surface area contributed by atoms with Crippen molar-refractivity contribution in [2.45, 2.75) is 64.3 Å². The highest BCUT2D eigenvalue weighted by molar-refractivity contribution is 5.01. The summed E-state index contributed by atoms with van der Waals surface area (Å²) in [5.41, 5.74) is -0.0693. The van der Waals surface area contributed by atoms with Gasteiger partial charge in [-0.1, -0.05) is 0 Å². The second-order valence-electron chi connectivity index (χ2n) is 6.98. The largest absolute Gasteiger partial charge is 0.401 e. The minimum atomic E-state index is -4.12. The highest BCUT2D eigenvalue weighted by Gasteiger charge is 2.45. The molecular weight excluding hydrogens is 241 g/mol. The molecule has 18 heavy (non-hydrogen) atoms. The molecule has 5 heteroatoms. The lowest BCUT2D eigenvalue weighted by Crippen LogP contribution is -2.50. The Morgan fingerprint density at radius 3 is 2.06 bits per heavy atom. The molecule has 0 aromatic heterocycles. The number of likely N-dealkylation sites (tertiary alicyclic amines) is 1. The quantitative estimate of drug-likeness (QED) is 0.757. The molecule has 1 rings (SSSR count). The van der Waals surface area contributed by atoms with Crippen LogP contribution in [0.25, 0.3) is 0 Å². The molecule has 1 saturated heterocycles. The number of hydrogen-bond acceptors (Lipinski definition) is 2. The summed E-state index contributed by atoms with van der Waals surface area (Å²) in [6.07, 6.45) is -3.34. The van der Waals surface area contributed by atoms with Crippen LogP contribution in [0, 0.1) is 0 Å². The van der Waals surface area contributed by atoms with E-state index in [1.54, 1.807) is 7.05 Å². The van der Waals surface area contributed by atoms with Crippen molar-refractivity contribution in [2.75, 3.05) is 20.1 Å². The molecule has 108 valence electrons. The van der Waals surface area contributed by atoms with Crippen molar-refractivity contribution in [3.8, 4) is 0 Å². The third-order valence-corrected chi connectivity index (χ3v) is 3.72. The van der Waals surface area contributed by atoms with Gasteiger partial charge in [-0.3, -0.25) is 9.80 Å². The van der Waals surface area contributed by atoms with E-state index in [1.807, 2.05) is 0 Å². The summed E-state index contributed by atoms with van der Waals surface area (Å²) >= 11 is 0. The van der Waals surface area contributed by atoms with Crippen molar-refractivity contribution in [2.24, 2.45) is 0 Å². The molecule has 2 nitrogen and oxygen atoms in total. The lowest BCUT2D eigenvalue weighted by molar-refractivity contribution is -0.147. The molecule has 1 atom stereocenters.